The summed E-state index contributed by atoms with van der Waals surface area (Å²) in [6.07, 6.45) is 5.94. The predicted molar refractivity (Wildman–Crippen MR) is 137 cm³/mol. The molecule has 1 aromatic heterocycles. The topological polar surface area (TPSA) is 68.7 Å². The van der Waals surface area contributed by atoms with Gasteiger partial charge in [-0.2, -0.15) is 0 Å². The molecule has 2 aliphatic rings. The Labute approximate surface area is 212 Å². The molecule has 1 aromatic carbocycles. The van der Waals surface area contributed by atoms with E-state index < -0.39 is 5.60 Å². The van der Waals surface area contributed by atoms with Gasteiger partial charge in [-0.05, 0) is 81.9 Å². The van der Waals surface area contributed by atoms with Gasteiger partial charge in [-0.15, -0.1) is 0 Å². The number of nitrogens with zero attached hydrogens (tertiary/aromatic N) is 2. The third-order valence-corrected chi connectivity index (χ3v) is 6.87. The van der Waals surface area contributed by atoms with Crippen LogP contribution in [-0.2, 0) is 19.7 Å². The molecule has 0 bridgehead atoms. The lowest BCUT2D eigenvalue weighted by Gasteiger charge is -2.43. The minimum absolute atomic E-state index is 0.213. The fourth-order valence-corrected chi connectivity index (χ4v) is 5.29. The van der Waals surface area contributed by atoms with Crippen LogP contribution in [0.3, 0.4) is 0 Å². The molecular formula is C28H33ClN2O4. The second-order valence-corrected chi connectivity index (χ2v) is 10.6. The van der Waals surface area contributed by atoms with Crippen molar-refractivity contribution in [3.8, 4) is 0 Å². The number of allylic oxidation sites excluding steroid dienone is 1. The molecule has 1 amide bonds. The van der Waals surface area contributed by atoms with Gasteiger partial charge in [0.05, 0.1) is 12.3 Å². The van der Waals surface area contributed by atoms with Gasteiger partial charge in [0.2, 0.25) is 0 Å². The quantitative estimate of drug-likeness (QED) is 0.468. The normalized spacial score (nSPS) is 16.6. The van der Waals surface area contributed by atoms with E-state index in [4.69, 9.17) is 26.1 Å². The van der Waals surface area contributed by atoms with Gasteiger partial charge in [0, 0.05) is 41.7 Å². The van der Waals surface area contributed by atoms with Crippen LogP contribution in [0, 0.1) is 0 Å². The maximum absolute atomic E-state index is 12.8. The second kappa shape index (κ2) is 10.0. The van der Waals surface area contributed by atoms with Crippen LogP contribution in [0.2, 0.25) is 5.02 Å². The van der Waals surface area contributed by atoms with Crippen molar-refractivity contribution in [2.75, 3.05) is 19.7 Å². The smallest absolute Gasteiger partial charge is 0.410 e. The lowest BCUT2D eigenvalue weighted by molar-refractivity contribution is -0.142. The molecule has 35 heavy (non-hydrogen) atoms. The molecular weight excluding hydrogens is 464 g/mol. The number of esters is 1. The fraction of sp³-hybridized carbons (Fsp3) is 0.464. The Morgan fingerprint density at radius 3 is 2.60 bits per heavy atom. The van der Waals surface area contributed by atoms with Crippen molar-refractivity contribution in [3.05, 3.63) is 63.9 Å². The van der Waals surface area contributed by atoms with Crippen LogP contribution in [0.4, 0.5) is 4.79 Å². The Kier molecular flexibility index (Phi) is 7.22. The highest BCUT2D eigenvalue weighted by atomic mass is 35.5. The van der Waals surface area contributed by atoms with Crippen molar-refractivity contribution >= 4 is 35.3 Å². The number of carbonyl (C=O) groups excluding carboxylic acids is 2. The SMILES string of the molecule is CCOC(=O)CCC1=Cc2cc(Cl)ccc2C2(CCN(C(=O)OC(C)(C)C)CC2)c2ncccc21. The number of amides is 1. The number of hydrogen-bond acceptors (Lipinski definition) is 5. The molecule has 0 atom stereocenters. The standard InChI is InChI=1S/C28H33ClN2O4/c1-5-34-24(32)11-8-19-17-20-18-21(29)9-10-23(20)28(25-22(19)7-6-14-30-25)12-15-31(16-13-28)26(33)35-27(2,3)4/h6-7,9-10,14,17-18H,5,8,11-13,15-16H2,1-4H3. The molecule has 1 aliphatic heterocycles. The summed E-state index contributed by atoms with van der Waals surface area (Å²) in [5.41, 5.74) is 4.32. The number of pyridine rings is 1. The molecule has 1 aliphatic carbocycles. The lowest BCUT2D eigenvalue weighted by Crippen LogP contribution is -2.48. The number of benzene rings is 1. The van der Waals surface area contributed by atoms with Gasteiger partial charge in [-0.3, -0.25) is 9.78 Å². The van der Waals surface area contributed by atoms with Gasteiger partial charge in [-0.1, -0.05) is 29.8 Å². The third-order valence-electron chi connectivity index (χ3n) is 6.64. The van der Waals surface area contributed by atoms with E-state index in [-0.39, 0.29) is 17.5 Å². The number of ether oxygens (including phenoxy) is 2. The molecule has 0 unspecified atom stereocenters. The Morgan fingerprint density at radius 1 is 1.17 bits per heavy atom. The van der Waals surface area contributed by atoms with Gasteiger partial charge in [0.1, 0.15) is 5.60 Å². The van der Waals surface area contributed by atoms with Gasteiger partial charge in [0.15, 0.2) is 0 Å². The summed E-state index contributed by atoms with van der Waals surface area (Å²) in [6, 6.07) is 10.00. The van der Waals surface area contributed by atoms with Gasteiger partial charge in [-0.25, -0.2) is 4.79 Å². The highest BCUT2D eigenvalue weighted by molar-refractivity contribution is 6.30. The zero-order valence-corrected chi connectivity index (χ0v) is 21.7. The Bertz CT molecular complexity index is 1140. The molecule has 1 saturated heterocycles. The summed E-state index contributed by atoms with van der Waals surface area (Å²) in [4.78, 5) is 31.6. The molecule has 7 heteroatoms. The highest BCUT2D eigenvalue weighted by Gasteiger charge is 2.44. The van der Waals surface area contributed by atoms with E-state index in [9.17, 15) is 9.59 Å². The van der Waals surface area contributed by atoms with Crippen LogP contribution in [0.25, 0.3) is 11.6 Å². The van der Waals surface area contributed by atoms with Gasteiger partial charge < -0.3 is 14.4 Å². The Balaban J connectivity index is 1.73. The summed E-state index contributed by atoms with van der Waals surface area (Å²) in [5.74, 6) is -0.213. The van der Waals surface area contributed by atoms with Crippen molar-refractivity contribution in [3.63, 3.8) is 0 Å². The van der Waals surface area contributed by atoms with Crippen molar-refractivity contribution in [1.82, 2.24) is 9.88 Å². The van der Waals surface area contributed by atoms with Crippen LogP contribution >= 0.6 is 11.6 Å². The summed E-state index contributed by atoms with van der Waals surface area (Å²) in [6.45, 7) is 8.94. The predicted octanol–water partition coefficient (Wildman–Crippen LogP) is 6.25. The monoisotopic (exact) mass is 496 g/mol. The van der Waals surface area contributed by atoms with E-state index in [0.29, 0.717) is 50.4 Å². The minimum atomic E-state index is -0.538. The summed E-state index contributed by atoms with van der Waals surface area (Å²) in [7, 11) is 0. The first kappa shape index (κ1) is 25.2. The third kappa shape index (κ3) is 5.37. The van der Waals surface area contributed by atoms with Crippen LogP contribution < -0.4 is 0 Å². The molecule has 2 heterocycles. The lowest BCUT2D eigenvalue weighted by atomic mass is 9.68. The fourth-order valence-electron chi connectivity index (χ4n) is 5.11. The minimum Gasteiger partial charge on any atom is -0.466 e. The number of fused-ring (bicyclic) bond motifs is 4. The average molecular weight is 497 g/mol. The molecule has 4 rings (SSSR count). The zero-order valence-electron chi connectivity index (χ0n) is 20.9. The van der Waals surface area contributed by atoms with E-state index in [1.165, 1.54) is 0 Å². The number of halogens is 1. The largest absolute Gasteiger partial charge is 0.466 e. The first-order valence-corrected chi connectivity index (χ1v) is 12.6. The van der Waals surface area contributed by atoms with Crippen LogP contribution in [0.15, 0.2) is 36.5 Å². The van der Waals surface area contributed by atoms with Crippen LogP contribution in [-0.4, -0.2) is 47.2 Å². The van der Waals surface area contributed by atoms with Crippen LogP contribution in [0.1, 0.15) is 75.8 Å². The van der Waals surface area contributed by atoms with E-state index in [1.807, 2.05) is 52.1 Å². The Hall–Kier alpha value is -2.86. The number of hydrogen-bond donors (Lipinski definition) is 0. The second-order valence-electron chi connectivity index (χ2n) is 10.2. The number of carbonyl (C=O) groups is 2. The highest BCUT2D eigenvalue weighted by Crippen LogP contribution is 2.48. The van der Waals surface area contributed by atoms with Crippen LogP contribution in [0.5, 0.6) is 0 Å². The van der Waals surface area contributed by atoms with Gasteiger partial charge in [0.25, 0.3) is 0 Å². The number of rotatable bonds is 4. The molecule has 0 N–H and O–H groups in total. The molecule has 0 saturated carbocycles. The molecule has 1 fully saturated rings. The van der Waals surface area contributed by atoms with E-state index >= 15 is 0 Å². The van der Waals surface area contributed by atoms with Gasteiger partial charge >= 0.3 is 12.1 Å². The maximum atomic E-state index is 12.8. The molecule has 2 aromatic rings. The van der Waals surface area contributed by atoms with E-state index in [1.54, 1.807) is 4.90 Å². The molecule has 6 nitrogen and oxygen atoms in total. The number of likely N-dealkylation sites (tertiary alicyclic amines) is 1. The molecule has 1 spiro atoms. The average Bonchev–Trinajstić information content (AvgIpc) is 2.90. The van der Waals surface area contributed by atoms with E-state index in [2.05, 4.69) is 18.2 Å². The summed E-state index contributed by atoms with van der Waals surface area (Å²) < 4.78 is 10.8. The number of piperidine rings is 1. The van der Waals surface area contributed by atoms with Crippen molar-refractivity contribution < 1.29 is 19.1 Å². The number of aromatic nitrogens is 1. The molecule has 0 radical (unpaired) electrons. The van der Waals surface area contributed by atoms with Crippen molar-refractivity contribution in [2.45, 2.75) is 64.4 Å². The maximum Gasteiger partial charge on any atom is 0.410 e. The summed E-state index contributed by atoms with van der Waals surface area (Å²) in [5, 5.41) is 0.657. The first-order chi connectivity index (χ1) is 16.6. The molecule has 186 valence electrons. The first-order valence-electron chi connectivity index (χ1n) is 12.2. The van der Waals surface area contributed by atoms with Crippen molar-refractivity contribution in [1.29, 1.82) is 0 Å². The Morgan fingerprint density at radius 2 is 1.91 bits per heavy atom. The zero-order chi connectivity index (χ0) is 25.2. The summed E-state index contributed by atoms with van der Waals surface area (Å²) >= 11 is 6.42. The van der Waals surface area contributed by atoms with Crippen molar-refractivity contribution in [2.24, 2.45) is 0 Å². The van der Waals surface area contributed by atoms with E-state index in [0.717, 1.165) is 28.0 Å².